The van der Waals surface area contributed by atoms with Gasteiger partial charge in [0, 0.05) is 41.8 Å². The summed E-state index contributed by atoms with van der Waals surface area (Å²) in [6.07, 6.45) is 8.91. The maximum Gasteiger partial charge on any atom is 0.267 e. The van der Waals surface area contributed by atoms with Crippen LogP contribution < -0.4 is 10.9 Å². The zero-order valence-corrected chi connectivity index (χ0v) is 15.4. The highest BCUT2D eigenvalue weighted by Gasteiger charge is 2.27. The van der Waals surface area contributed by atoms with Crippen molar-refractivity contribution in [1.82, 2.24) is 19.7 Å². The van der Waals surface area contributed by atoms with Crippen LogP contribution in [0.1, 0.15) is 67.4 Å². The standard InChI is InChI=1S/C20H25N5O2/c26-20-9-14-11-27-8-7-17(14)24-25(20)16-5-3-15(4-6-16)23-19-10-18(13-1-2-13)21-12-22-19/h9-10,12-13,15-16H,1-8,11H2,(H,21,22,23). The van der Waals surface area contributed by atoms with Gasteiger partial charge in [0.05, 0.1) is 24.9 Å². The monoisotopic (exact) mass is 367 g/mol. The number of ether oxygens (including phenoxy) is 1. The minimum absolute atomic E-state index is 0.000495. The summed E-state index contributed by atoms with van der Waals surface area (Å²) in [4.78, 5) is 21.2. The Kier molecular flexibility index (Phi) is 4.39. The van der Waals surface area contributed by atoms with E-state index in [1.54, 1.807) is 17.1 Å². The first-order chi connectivity index (χ1) is 13.3. The molecule has 0 unspecified atom stereocenters. The third kappa shape index (κ3) is 3.60. The molecule has 0 spiro atoms. The molecule has 0 bridgehead atoms. The molecule has 2 aromatic heterocycles. The van der Waals surface area contributed by atoms with E-state index in [-0.39, 0.29) is 11.6 Å². The summed E-state index contributed by atoms with van der Waals surface area (Å²) in [5.41, 5.74) is 3.14. The van der Waals surface area contributed by atoms with Crippen LogP contribution in [0.5, 0.6) is 0 Å². The number of nitrogens with zero attached hydrogens (tertiary/aromatic N) is 4. The van der Waals surface area contributed by atoms with Gasteiger partial charge in [0.25, 0.3) is 5.56 Å². The molecule has 27 heavy (non-hydrogen) atoms. The van der Waals surface area contributed by atoms with E-state index in [9.17, 15) is 4.79 Å². The molecule has 0 amide bonds. The maximum absolute atomic E-state index is 12.5. The summed E-state index contributed by atoms with van der Waals surface area (Å²) in [5.74, 6) is 1.57. The van der Waals surface area contributed by atoms with Gasteiger partial charge in [-0.2, -0.15) is 5.10 Å². The molecule has 0 saturated heterocycles. The Labute approximate surface area is 158 Å². The second-order valence-electron chi connectivity index (χ2n) is 7.95. The second-order valence-corrected chi connectivity index (χ2v) is 7.95. The van der Waals surface area contributed by atoms with Gasteiger partial charge in [-0.3, -0.25) is 4.79 Å². The zero-order valence-electron chi connectivity index (χ0n) is 15.4. The molecular weight excluding hydrogens is 342 g/mol. The van der Waals surface area contributed by atoms with Crippen molar-refractivity contribution in [3.8, 4) is 0 Å². The highest BCUT2D eigenvalue weighted by Crippen LogP contribution is 2.39. The molecule has 2 aliphatic carbocycles. The second kappa shape index (κ2) is 7.03. The molecule has 1 aliphatic heterocycles. The van der Waals surface area contributed by atoms with Crippen LogP contribution in [0.4, 0.5) is 5.82 Å². The molecule has 0 atom stereocenters. The van der Waals surface area contributed by atoms with Gasteiger partial charge in [0.15, 0.2) is 0 Å². The Morgan fingerprint density at radius 3 is 2.74 bits per heavy atom. The van der Waals surface area contributed by atoms with Crippen LogP contribution >= 0.6 is 0 Å². The molecule has 7 nitrogen and oxygen atoms in total. The van der Waals surface area contributed by atoms with Crippen LogP contribution in [0, 0.1) is 0 Å². The van der Waals surface area contributed by atoms with Crippen LogP contribution in [0.3, 0.4) is 0 Å². The Balaban J connectivity index is 1.24. The van der Waals surface area contributed by atoms with Crippen molar-refractivity contribution in [2.75, 3.05) is 11.9 Å². The van der Waals surface area contributed by atoms with Gasteiger partial charge < -0.3 is 10.1 Å². The first kappa shape index (κ1) is 16.9. The molecule has 2 saturated carbocycles. The minimum atomic E-state index is 0.000495. The quantitative estimate of drug-likeness (QED) is 0.894. The summed E-state index contributed by atoms with van der Waals surface area (Å²) in [6.45, 7) is 1.20. The normalized spacial score (nSPS) is 25.0. The van der Waals surface area contributed by atoms with Crippen LogP contribution in [0.25, 0.3) is 0 Å². The highest BCUT2D eigenvalue weighted by molar-refractivity contribution is 5.38. The Bertz CT molecular complexity index is 884. The predicted octanol–water partition coefficient (Wildman–Crippen LogP) is 2.58. The number of hydrogen-bond donors (Lipinski definition) is 1. The number of anilines is 1. The molecular formula is C20H25N5O2. The van der Waals surface area contributed by atoms with E-state index in [2.05, 4.69) is 26.4 Å². The van der Waals surface area contributed by atoms with Gasteiger partial charge in [-0.25, -0.2) is 14.6 Å². The van der Waals surface area contributed by atoms with Crippen LogP contribution in [-0.4, -0.2) is 32.4 Å². The zero-order chi connectivity index (χ0) is 18.2. The van der Waals surface area contributed by atoms with Gasteiger partial charge in [0.2, 0.25) is 0 Å². The number of hydrogen-bond acceptors (Lipinski definition) is 6. The minimum Gasteiger partial charge on any atom is -0.376 e. The largest absolute Gasteiger partial charge is 0.376 e. The molecule has 142 valence electrons. The summed E-state index contributed by atoms with van der Waals surface area (Å²) in [5, 5.41) is 8.23. The highest BCUT2D eigenvalue weighted by atomic mass is 16.5. The SMILES string of the molecule is O=c1cc2c(nn1C1CCC(Nc3cc(C4CC4)ncn3)CC1)CCOC2. The number of nitrogens with one attached hydrogen (secondary N) is 1. The third-order valence-electron chi connectivity index (χ3n) is 5.94. The molecule has 3 aliphatic rings. The maximum atomic E-state index is 12.5. The van der Waals surface area contributed by atoms with E-state index < -0.39 is 0 Å². The lowest BCUT2D eigenvalue weighted by Crippen LogP contribution is -2.35. The smallest absolute Gasteiger partial charge is 0.267 e. The van der Waals surface area contributed by atoms with E-state index >= 15 is 0 Å². The molecule has 2 fully saturated rings. The van der Waals surface area contributed by atoms with E-state index in [1.807, 2.05) is 0 Å². The predicted molar refractivity (Wildman–Crippen MR) is 101 cm³/mol. The van der Waals surface area contributed by atoms with E-state index in [1.165, 1.54) is 12.8 Å². The Hall–Kier alpha value is -2.28. The van der Waals surface area contributed by atoms with Crippen molar-refractivity contribution in [3.63, 3.8) is 0 Å². The summed E-state index contributed by atoms with van der Waals surface area (Å²) in [7, 11) is 0. The first-order valence-corrected chi connectivity index (χ1v) is 10.0. The fraction of sp³-hybridized carbons (Fsp3) is 0.600. The van der Waals surface area contributed by atoms with Gasteiger partial charge >= 0.3 is 0 Å². The fourth-order valence-electron chi connectivity index (χ4n) is 4.22. The lowest BCUT2D eigenvalue weighted by atomic mass is 9.91. The van der Waals surface area contributed by atoms with Gasteiger partial charge in [-0.1, -0.05) is 0 Å². The van der Waals surface area contributed by atoms with Crippen molar-refractivity contribution >= 4 is 5.82 Å². The Morgan fingerprint density at radius 2 is 1.93 bits per heavy atom. The van der Waals surface area contributed by atoms with Crippen LogP contribution in [0.15, 0.2) is 23.3 Å². The van der Waals surface area contributed by atoms with E-state index in [4.69, 9.17) is 4.74 Å². The van der Waals surface area contributed by atoms with Crippen molar-refractivity contribution < 1.29 is 4.74 Å². The van der Waals surface area contributed by atoms with Gasteiger partial charge in [-0.15, -0.1) is 0 Å². The van der Waals surface area contributed by atoms with E-state index in [0.29, 0.717) is 25.2 Å². The third-order valence-corrected chi connectivity index (χ3v) is 5.94. The number of fused-ring (bicyclic) bond motifs is 1. The lowest BCUT2D eigenvalue weighted by molar-refractivity contribution is 0.107. The van der Waals surface area contributed by atoms with Crippen LogP contribution in [0.2, 0.25) is 0 Å². The van der Waals surface area contributed by atoms with Crippen molar-refractivity contribution in [3.05, 3.63) is 45.8 Å². The first-order valence-electron chi connectivity index (χ1n) is 10.0. The van der Waals surface area contributed by atoms with Crippen molar-refractivity contribution in [2.45, 2.75) is 69.6 Å². The average molecular weight is 367 g/mol. The lowest BCUT2D eigenvalue weighted by Gasteiger charge is -2.30. The van der Waals surface area contributed by atoms with Gasteiger partial charge in [-0.05, 0) is 38.5 Å². The average Bonchev–Trinajstić information content (AvgIpc) is 3.54. The summed E-state index contributed by atoms with van der Waals surface area (Å²) < 4.78 is 7.15. The molecule has 2 aromatic rings. The van der Waals surface area contributed by atoms with E-state index in [0.717, 1.165) is 54.9 Å². The molecule has 7 heteroatoms. The molecule has 3 heterocycles. The van der Waals surface area contributed by atoms with Gasteiger partial charge in [0.1, 0.15) is 12.1 Å². The van der Waals surface area contributed by atoms with Crippen LogP contribution in [-0.2, 0) is 17.8 Å². The molecule has 5 rings (SSSR count). The number of aromatic nitrogens is 4. The molecule has 0 aromatic carbocycles. The summed E-state index contributed by atoms with van der Waals surface area (Å²) in [6, 6.07) is 4.40. The van der Waals surface area contributed by atoms with Crippen molar-refractivity contribution in [2.24, 2.45) is 0 Å². The topological polar surface area (TPSA) is 81.9 Å². The molecule has 1 N–H and O–H groups in total. The fourth-order valence-corrected chi connectivity index (χ4v) is 4.22. The Morgan fingerprint density at radius 1 is 1.07 bits per heavy atom. The molecule has 0 radical (unpaired) electrons. The summed E-state index contributed by atoms with van der Waals surface area (Å²) >= 11 is 0. The number of rotatable bonds is 4. The van der Waals surface area contributed by atoms with Crippen molar-refractivity contribution in [1.29, 1.82) is 0 Å².